The Morgan fingerprint density at radius 1 is 1.44 bits per heavy atom. The number of benzene rings is 1. The quantitative estimate of drug-likeness (QED) is 0.825. The highest BCUT2D eigenvalue weighted by molar-refractivity contribution is 6.03. The molecule has 2 rings (SSSR count). The Hall–Kier alpha value is -1.35. The van der Waals surface area contributed by atoms with E-state index in [2.05, 4.69) is 18.7 Å². The van der Waals surface area contributed by atoms with E-state index < -0.39 is 0 Å². The Labute approximate surface area is 95.7 Å². The zero-order valence-electron chi connectivity index (χ0n) is 9.68. The number of nitrogens with zero attached hydrogens (tertiary/aromatic N) is 1. The lowest BCUT2D eigenvalue weighted by Gasteiger charge is -2.40. The largest absolute Gasteiger partial charge is 0.394 e. The van der Waals surface area contributed by atoms with Crippen molar-refractivity contribution >= 4 is 11.5 Å². The maximum Gasteiger partial charge on any atom is 0.167 e. The van der Waals surface area contributed by atoms with E-state index in [1.54, 1.807) is 0 Å². The summed E-state index contributed by atoms with van der Waals surface area (Å²) in [4.78, 5) is 14.0. The highest BCUT2D eigenvalue weighted by Crippen LogP contribution is 2.31. The molecule has 1 unspecified atom stereocenters. The van der Waals surface area contributed by atoms with Crippen molar-refractivity contribution in [1.82, 2.24) is 0 Å². The number of aliphatic hydroxyl groups is 1. The van der Waals surface area contributed by atoms with E-state index in [0.29, 0.717) is 6.42 Å². The van der Waals surface area contributed by atoms with Gasteiger partial charge in [-0.05, 0) is 26.0 Å². The molecule has 1 aliphatic rings. The Morgan fingerprint density at radius 2 is 2.12 bits per heavy atom. The van der Waals surface area contributed by atoms with Crippen LogP contribution >= 0.6 is 0 Å². The van der Waals surface area contributed by atoms with Gasteiger partial charge in [0.15, 0.2) is 5.78 Å². The first-order chi connectivity index (χ1) is 7.65. The molecule has 1 heterocycles. The zero-order chi connectivity index (χ0) is 11.7. The maximum atomic E-state index is 11.9. The molecule has 0 fully saturated rings. The summed E-state index contributed by atoms with van der Waals surface area (Å²) in [6.45, 7) is 4.18. The van der Waals surface area contributed by atoms with Crippen LogP contribution in [-0.4, -0.2) is 29.6 Å². The van der Waals surface area contributed by atoms with E-state index in [1.807, 2.05) is 24.3 Å². The number of para-hydroxylation sites is 1. The van der Waals surface area contributed by atoms with Crippen LogP contribution < -0.4 is 4.90 Å². The number of ketones is 1. The fraction of sp³-hybridized carbons (Fsp3) is 0.462. The minimum absolute atomic E-state index is 0.0260. The molecule has 1 aromatic carbocycles. The predicted molar refractivity (Wildman–Crippen MR) is 63.9 cm³/mol. The fourth-order valence-corrected chi connectivity index (χ4v) is 2.41. The highest BCUT2D eigenvalue weighted by atomic mass is 16.3. The lowest BCUT2D eigenvalue weighted by atomic mass is 9.93. The van der Waals surface area contributed by atoms with Crippen molar-refractivity contribution in [3.63, 3.8) is 0 Å². The van der Waals surface area contributed by atoms with Crippen LogP contribution in [0.4, 0.5) is 5.69 Å². The van der Waals surface area contributed by atoms with Gasteiger partial charge >= 0.3 is 0 Å². The lowest BCUT2D eigenvalue weighted by molar-refractivity contribution is 0.0947. The van der Waals surface area contributed by atoms with Crippen molar-refractivity contribution in [2.75, 3.05) is 11.5 Å². The fourth-order valence-electron chi connectivity index (χ4n) is 2.41. The predicted octanol–water partition coefficient (Wildman–Crippen LogP) is 1.85. The van der Waals surface area contributed by atoms with E-state index in [4.69, 9.17) is 0 Å². The summed E-state index contributed by atoms with van der Waals surface area (Å²) in [6, 6.07) is 7.83. The molecular formula is C13H17NO2. The van der Waals surface area contributed by atoms with Crippen molar-refractivity contribution in [2.45, 2.75) is 32.4 Å². The van der Waals surface area contributed by atoms with Crippen LogP contribution in [0.15, 0.2) is 24.3 Å². The second-order valence-electron chi connectivity index (χ2n) is 4.48. The summed E-state index contributed by atoms with van der Waals surface area (Å²) < 4.78 is 0. The van der Waals surface area contributed by atoms with E-state index in [0.717, 1.165) is 11.3 Å². The number of Topliss-reactive ketones (excluding diaryl/α,β-unsaturated/α-hetero) is 1. The molecule has 0 aromatic heterocycles. The van der Waals surface area contributed by atoms with Crippen molar-refractivity contribution in [3.8, 4) is 0 Å². The molecule has 1 N–H and O–H groups in total. The summed E-state index contributed by atoms with van der Waals surface area (Å²) in [6.07, 6.45) is 0.408. The number of anilines is 1. The second kappa shape index (κ2) is 4.26. The van der Waals surface area contributed by atoms with Crippen LogP contribution in [-0.2, 0) is 0 Å². The molecule has 86 valence electrons. The van der Waals surface area contributed by atoms with Crippen LogP contribution in [0, 0.1) is 0 Å². The number of aliphatic hydroxyl groups excluding tert-OH is 1. The third-order valence-electron chi connectivity index (χ3n) is 3.06. The standard InChI is InChI=1S/C13H17NO2/c1-9(2)14-10(8-15)7-13(16)11-5-3-4-6-12(11)14/h3-6,9-10,15H,7-8H2,1-2H3. The van der Waals surface area contributed by atoms with Gasteiger partial charge in [-0.1, -0.05) is 12.1 Å². The number of carbonyl (C=O) groups is 1. The van der Waals surface area contributed by atoms with Crippen LogP contribution in [0.25, 0.3) is 0 Å². The van der Waals surface area contributed by atoms with Crippen molar-refractivity contribution < 1.29 is 9.90 Å². The normalized spacial score (nSPS) is 20.1. The molecule has 0 amide bonds. The van der Waals surface area contributed by atoms with Gasteiger partial charge in [0.25, 0.3) is 0 Å². The summed E-state index contributed by atoms with van der Waals surface area (Å²) in [5.74, 6) is 0.131. The van der Waals surface area contributed by atoms with Gasteiger partial charge in [-0.3, -0.25) is 4.79 Å². The summed E-state index contributed by atoms with van der Waals surface area (Å²) in [5, 5.41) is 9.36. The van der Waals surface area contributed by atoms with Crippen molar-refractivity contribution in [2.24, 2.45) is 0 Å². The third kappa shape index (κ3) is 1.71. The minimum atomic E-state index is -0.0811. The Balaban J connectivity index is 2.49. The summed E-state index contributed by atoms with van der Waals surface area (Å²) >= 11 is 0. The van der Waals surface area contributed by atoms with Gasteiger partial charge in [0, 0.05) is 23.7 Å². The van der Waals surface area contributed by atoms with Crippen LogP contribution in [0.3, 0.4) is 0 Å². The highest BCUT2D eigenvalue weighted by Gasteiger charge is 2.31. The molecule has 3 heteroatoms. The average molecular weight is 219 g/mol. The topological polar surface area (TPSA) is 40.5 Å². The molecule has 1 aromatic rings. The van der Waals surface area contributed by atoms with Crippen LogP contribution in [0.2, 0.25) is 0 Å². The Kier molecular flexibility index (Phi) is 2.97. The lowest BCUT2D eigenvalue weighted by Crippen LogP contribution is -2.47. The zero-order valence-corrected chi connectivity index (χ0v) is 9.68. The van der Waals surface area contributed by atoms with Gasteiger partial charge in [0.2, 0.25) is 0 Å². The first-order valence-corrected chi connectivity index (χ1v) is 5.66. The molecule has 0 aliphatic carbocycles. The molecule has 0 saturated heterocycles. The Bertz CT molecular complexity index is 401. The molecule has 3 nitrogen and oxygen atoms in total. The third-order valence-corrected chi connectivity index (χ3v) is 3.06. The molecular weight excluding hydrogens is 202 g/mol. The average Bonchev–Trinajstić information content (AvgIpc) is 2.28. The number of hydrogen-bond donors (Lipinski definition) is 1. The maximum absolute atomic E-state index is 11.9. The molecule has 0 saturated carbocycles. The summed E-state index contributed by atoms with van der Waals surface area (Å²) in [7, 11) is 0. The first kappa shape index (κ1) is 11.1. The van der Waals surface area contributed by atoms with Gasteiger partial charge in [-0.15, -0.1) is 0 Å². The first-order valence-electron chi connectivity index (χ1n) is 5.66. The monoisotopic (exact) mass is 219 g/mol. The van der Waals surface area contributed by atoms with Crippen molar-refractivity contribution in [3.05, 3.63) is 29.8 Å². The Morgan fingerprint density at radius 3 is 2.75 bits per heavy atom. The number of rotatable bonds is 2. The van der Waals surface area contributed by atoms with Crippen LogP contribution in [0.5, 0.6) is 0 Å². The van der Waals surface area contributed by atoms with E-state index in [-0.39, 0.29) is 24.5 Å². The van der Waals surface area contributed by atoms with Gasteiger partial charge in [-0.2, -0.15) is 0 Å². The molecule has 0 bridgehead atoms. The minimum Gasteiger partial charge on any atom is -0.394 e. The van der Waals surface area contributed by atoms with E-state index in [1.165, 1.54) is 0 Å². The van der Waals surface area contributed by atoms with Gasteiger partial charge in [-0.25, -0.2) is 0 Å². The van der Waals surface area contributed by atoms with Gasteiger partial charge in [0.05, 0.1) is 12.6 Å². The van der Waals surface area contributed by atoms with Gasteiger partial charge < -0.3 is 10.0 Å². The number of fused-ring (bicyclic) bond motifs is 1. The molecule has 1 aliphatic heterocycles. The summed E-state index contributed by atoms with van der Waals surface area (Å²) in [5.41, 5.74) is 1.73. The SMILES string of the molecule is CC(C)N1c2ccccc2C(=O)CC1CO. The smallest absolute Gasteiger partial charge is 0.167 e. The molecule has 0 spiro atoms. The number of carbonyl (C=O) groups excluding carboxylic acids is 1. The molecule has 0 radical (unpaired) electrons. The van der Waals surface area contributed by atoms with E-state index in [9.17, 15) is 9.90 Å². The molecule has 16 heavy (non-hydrogen) atoms. The molecule has 1 atom stereocenters. The van der Waals surface area contributed by atoms with E-state index >= 15 is 0 Å². The van der Waals surface area contributed by atoms with Crippen LogP contribution in [0.1, 0.15) is 30.6 Å². The van der Waals surface area contributed by atoms with Crippen molar-refractivity contribution in [1.29, 1.82) is 0 Å². The second-order valence-corrected chi connectivity index (χ2v) is 4.48. The van der Waals surface area contributed by atoms with Gasteiger partial charge in [0.1, 0.15) is 0 Å². The number of hydrogen-bond acceptors (Lipinski definition) is 3.